The van der Waals surface area contributed by atoms with Crippen LogP contribution in [0.2, 0.25) is 0 Å². The third-order valence-electron chi connectivity index (χ3n) is 2.43. The monoisotopic (exact) mass is 398 g/mol. The Morgan fingerprint density at radius 2 is 1.90 bits per heavy atom. The summed E-state index contributed by atoms with van der Waals surface area (Å²) in [6.07, 6.45) is 1.50. The van der Waals surface area contributed by atoms with Crippen LogP contribution in [0.15, 0.2) is 45.5 Å². The first-order chi connectivity index (χ1) is 9.49. The molecule has 20 heavy (non-hydrogen) atoms. The molecule has 0 aliphatic carbocycles. The van der Waals surface area contributed by atoms with E-state index in [0.29, 0.717) is 14.6 Å². The fourth-order valence-corrected chi connectivity index (χ4v) is 2.36. The van der Waals surface area contributed by atoms with Crippen molar-refractivity contribution in [2.75, 3.05) is 5.32 Å². The van der Waals surface area contributed by atoms with E-state index in [4.69, 9.17) is 5.11 Å². The van der Waals surface area contributed by atoms with E-state index >= 15 is 0 Å². The molecule has 2 rings (SSSR count). The molecule has 5 nitrogen and oxygen atoms in total. The van der Waals surface area contributed by atoms with Gasteiger partial charge < -0.3 is 10.4 Å². The Balaban J connectivity index is 2.27. The molecule has 102 valence electrons. The van der Waals surface area contributed by atoms with Gasteiger partial charge in [-0.25, -0.2) is 9.78 Å². The lowest BCUT2D eigenvalue weighted by Gasteiger charge is -2.07. The van der Waals surface area contributed by atoms with Gasteiger partial charge in [0.1, 0.15) is 5.69 Å². The number of carbonyl (C=O) groups excluding carboxylic acids is 1. The third-order valence-corrected chi connectivity index (χ3v) is 3.76. The molecule has 0 bridgehead atoms. The van der Waals surface area contributed by atoms with E-state index in [1.54, 1.807) is 24.3 Å². The molecule has 0 spiro atoms. The number of amides is 1. The molecule has 2 N–H and O–H groups in total. The average molecular weight is 400 g/mol. The number of nitrogens with zero attached hydrogens (tertiary/aromatic N) is 1. The molecular weight excluding hydrogens is 392 g/mol. The van der Waals surface area contributed by atoms with Crippen molar-refractivity contribution >= 4 is 49.4 Å². The van der Waals surface area contributed by atoms with Crippen molar-refractivity contribution in [3.8, 4) is 0 Å². The Morgan fingerprint density at radius 3 is 2.55 bits per heavy atom. The van der Waals surface area contributed by atoms with E-state index in [-0.39, 0.29) is 11.3 Å². The van der Waals surface area contributed by atoms with Gasteiger partial charge in [0.15, 0.2) is 0 Å². The van der Waals surface area contributed by atoms with Crippen LogP contribution in [-0.2, 0) is 0 Å². The van der Waals surface area contributed by atoms with Crippen molar-refractivity contribution in [2.45, 2.75) is 0 Å². The molecule has 1 aromatic heterocycles. The molecule has 0 radical (unpaired) electrons. The van der Waals surface area contributed by atoms with Crippen LogP contribution in [0.1, 0.15) is 20.8 Å². The number of rotatable bonds is 3. The second-order valence-corrected chi connectivity index (χ2v) is 5.50. The number of aromatic carboxylic acids is 1. The quantitative estimate of drug-likeness (QED) is 0.826. The van der Waals surface area contributed by atoms with E-state index in [1.165, 1.54) is 12.3 Å². The molecule has 0 fully saturated rings. The molecule has 0 atom stereocenters. The smallest absolute Gasteiger partial charge is 0.336 e. The van der Waals surface area contributed by atoms with Crippen LogP contribution in [0.5, 0.6) is 0 Å². The minimum Gasteiger partial charge on any atom is -0.478 e. The van der Waals surface area contributed by atoms with Gasteiger partial charge in [0, 0.05) is 20.8 Å². The Bertz CT molecular complexity index is 689. The van der Waals surface area contributed by atoms with Crippen LogP contribution >= 0.6 is 31.9 Å². The Kier molecular flexibility index (Phi) is 4.51. The SMILES string of the molecule is O=C(O)c1cc(NC(=O)c2ncccc2Br)ccc1Br. The summed E-state index contributed by atoms with van der Waals surface area (Å²) in [6.45, 7) is 0. The summed E-state index contributed by atoms with van der Waals surface area (Å²) in [5, 5.41) is 11.6. The molecule has 0 aliphatic rings. The Hall–Kier alpha value is -1.73. The first-order valence-corrected chi connectivity index (χ1v) is 7.02. The zero-order valence-corrected chi connectivity index (χ0v) is 13.1. The summed E-state index contributed by atoms with van der Waals surface area (Å²) >= 11 is 6.37. The fraction of sp³-hybridized carbons (Fsp3) is 0. The zero-order valence-electron chi connectivity index (χ0n) is 9.93. The Labute approximate surface area is 131 Å². The fourth-order valence-electron chi connectivity index (χ4n) is 1.51. The minimum atomic E-state index is -1.08. The number of carboxylic acids is 1. The molecular formula is C13H8Br2N2O3. The second-order valence-electron chi connectivity index (χ2n) is 3.79. The minimum absolute atomic E-state index is 0.0721. The van der Waals surface area contributed by atoms with Gasteiger partial charge in [0.2, 0.25) is 0 Å². The highest BCUT2D eigenvalue weighted by Gasteiger charge is 2.14. The van der Waals surface area contributed by atoms with Crippen molar-refractivity contribution in [3.63, 3.8) is 0 Å². The van der Waals surface area contributed by atoms with Gasteiger partial charge >= 0.3 is 5.97 Å². The summed E-state index contributed by atoms with van der Waals surface area (Å²) in [7, 11) is 0. The van der Waals surface area contributed by atoms with E-state index < -0.39 is 11.9 Å². The van der Waals surface area contributed by atoms with Gasteiger partial charge in [0.25, 0.3) is 5.91 Å². The Morgan fingerprint density at radius 1 is 1.15 bits per heavy atom. The van der Waals surface area contributed by atoms with Crippen molar-refractivity contribution in [1.82, 2.24) is 4.98 Å². The molecule has 0 unspecified atom stereocenters. The number of aromatic nitrogens is 1. The van der Waals surface area contributed by atoms with E-state index in [0.717, 1.165) is 0 Å². The maximum Gasteiger partial charge on any atom is 0.336 e. The molecule has 2 aromatic rings. The van der Waals surface area contributed by atoms with Crippen LogP contribution in [0.3, 0.4) is 0 Å². The van der Waals surface area contributed by atoms with E-state index in [1.807, 2.05) is 0 Å². The van der Waals surface area contributed by atoms with Gasteiger partial charge in [-0.2, -0.15) is 0 Å². The predicted octanol–water partition coefficient (Wildman–Crippen LogP) is 3.56. The number of anilines is 1. The summed E-state index contributed by atoms with van der Waals surface area (Å²) in [4.78, 5) is 27.0. The number of halogens is 2. The van der Waals surface area contributed by atoms with Gasteiger partial charge in [-0.15, -0.1) is 0 Å². The topological polar surface area (TPSA) is 79.3 Å². The lowest BCUT2D eigenvalue weighted by Crippen LogP contribution is -2.14. The maximum atomic E-state index is 12.0. The number of benzene rings is 1. The van der Waals surface area contributed by atoms with Crippen molar-refractivity contribution in [2.24, 2.45) is 0 Å². The lowest BCUT2D eigenvalue weighted by atomic mass is 10.2. The van der Waals surface area contributed by atoms with Crippen LogP contribution in [-0.4, -0.2) is 22.0 Å². The number of nitrogens with one attached hydrogen (secondary N) is 1. The molecule has 0 aliphatic heterocycles. The number of carbonyl (C=O) groups is 2. The number of carboxylic acid groups (broad SMARTS) is 1. The van der Waals surface area contributed by atoms with Gasteiger partial charge in [-0.3, -0.25) is 4.79 Å². The van der Waals surface area contributed by atoms with E-state index in [2.05, 4.69) is 42.2 Å². The second kappa shape index (κ2) is 6.15. The maximum absolute atomic E-state index is 12.0. The molecule has 7 heteroatoms. The van der Waals surface area contributed by atoms with Crippen molar-refractivity contribution < 1.29 is 14.7 Å². The first kappa shape index (κ1) is 14.7. The number of hydrogen-bond acceptors (Lipinski definition) is 3. The largest absolute Gasteiger partial charge is 0.478 e. The lowest BCUT2D eigenvalue weighted by molar-refractivity contribution is 0.0695. The molecule has 0 saturated heterocycles. The van der Waals surface area contributed by atoms with Crippen molar-refractivity contribution in [3.05, 3.63) is 56.7 Å². The van der Waals surface area contributed by atoms with Crippen LogP contribution in [0, 0.1) is 0 Å². The van der Waals surface area contributed by atoms with Crippen LogP contribution < -0.4 is 5.32 Å². The highest BCUT2D eigenvalue weighted by molar-refractivity contribution is 9.10. The number of hydrogen-bond donors (Lipinski definition) is 2. The van der Waals surface area contributed by atoms with Gasteiger partial charge in [-0.05, 0) is 62.2 Å². The first-order valence-electron chi connectivity index (χ1n) is 5.44. The highest BCUT2D eigenvalue weighted by atomic mass is 79.9. The highest BCUT2D eigenvalue weighted by Crippen LogP contribution is 2.22. The van der Waals surface area contributed by atoms with Crippen molar-refractivity contribution in [1.29, 1.82) is 0 Å². The molecule has 1 amide bonds. The summed E-state index contributed by atoms with van der Waals surface area (Å²) in [6, 6.07) is 7.94. The van der Waals surface area contributed by atoms with Gasteiger partial charge in [0.05, 0.1) is 5.56 Å². The van der Waals surface area contributed by atoms with Crippen LogP contribution in [0.25, 0.3) is 0 Å². The van der Waals surface area contributed by atoms with E-state index in [9.17, 15) is 9.59 Å². The van der Waals surface area contributed by atoms with Gasteiger partial charge in [-0.1, -0.05) is 0 Å². The molecule has 1 aromatic carbocycles. The molecule has 0 saturated carbocycles. The average Bonchev–Trinajstić information content (AvgIpc) is 2.41. The third kappa shape index (κ3) is 3.23. The predicted molar refractivity (Wildman–Crippen MR) is 81.0 cm³/mol. The number of pyridine rings is 1. The summed E-state index contributed by atoms with van der Waals surface area (Å²) in [5.74, 6) is -1.50. The molecule has 1 heterocycles. The summed E-state index contributed by atoms with van der Waals surface area (Å²) in [5.41, 5.74) is 0.684. The zero-order chi connectivity index (χ0) is 14.7. The standard InChI is InChI=1S/C13H8Br2N2O3/c14-9-4-3-7(6-8(9)13(19)20)17-12(18)11-10(15)2-1-5-16-11/h1-6H,(H,17,18)(H,19,20). The summed E-state index contributed by atoms with van der Waals surface area (Å²) < 4.78 is 1.01. The normalized spacial score (nSPS) is 10.1. The van der Waals surface area contributed by atoms with Crippen LogP contribution in [0.4, 0.5) is 5.69 Å².